The van der Waals surface area contributed by atoms with Crippen LogP contribution in [0.2, 0.25) is 0 Å². The molecule has 17 heavy (non-hydrogen) atoms. The van der Waals surface area contributed by atoms with E-state index in [2.05, 4.69) is 31.7 Å². The van der Waals surface area contributed by atoms with Crippen LogP contribution in [0.4, 0.5) is 5.69 Å². The average molecular weight is 231 g/mol. The molecule has 2 unspecified atom stereocenters. The van der Waals surface area contributed by atoms with Crippen LogP contribution in [0.15, 0.2) is 18.2 Å². The van der Waals surface area contributed by atoms with Gasteiger partial charge in [-0.3, -0.25) is 4.79 Å². The number of aryl methyl sites for hydroxylation is 1. The summed E-state index contributed by atoms with van der Waals surface area (Å²) in [4.78, 5) is 13.2. The van der Waals surface area contributed by atoms with E-state index in [-0.39, 0.29) is 0 Å². The fourth-order valence-electron chi connectivity index (χ4n) is 2.70. The number of rotatable bonds is 2. The number of piperidine rings is 1. The Kier molecular flexibility index (Phi) is 3.51. The number of hydrogen-bond acceptors (Lipinski definition) is 2. The van der Waals surface area contributed by atoms with Gasteiger partial charge in [0.1, 0.15) is 6.29 Å². The Balaban J connectivity index is 2.29. The molecule has 1 aromatic rings. The van der Waals surface area contributed by atoms with Crippen LogP contribution in [0.3, 0.4) is 0 Å². The molecule has 2 rings (SSSR count). The maximum absolute atomic E-state index is 10.7. The summed E-state index contributed by atoms with van der Waals surface area (Å²) in [6, 6.07) is 6.59. The van der Waals surface area contributed by atoms with Crippen molar-refractivity contribution in [1.29, 1.82) is 0 Å². The highest BCUT2D eigenvalue weighted by molar-refractivity contribution is 5.77. The molecule has 2 atom stereocenters. The topological polar surface area (TPSA) is 20.3 Å². The van der Waals surface area contributed by atoms with E-state index in [1.54, 1.807) is 0 Å². The summed E-state index contributed by atoms with van der Waals surface area (Å²) < 4.78 is 0. The minimum absolute atomic E-state index is 0.604. The molecule has 1 aliphatic heterocycles. The summed E-state index contributed by atoms with van der Waals surface area (Å²) in [6.07, 6.45) is 3.50. The quantitative estimate of drug-likeness (QED) is 0.727. The summed E-state index contributed by atoms with van der Waals surface area (Å²) in [5.74, 6) is 0.761. The molecular weight excluding hydrogens is 210 g/mol. The SMILES string of the molecule is Cc1cc(C=O)ccc1N1CC(C)CCC1C. The first-order valence-corrected chi connectivity index (χ1v) is 6.44. The monoisotopic (exact) mass is 231 g/mol. The van der Waals surface area contributed by atoms with Crippen molar-refractivity contribution >= 4 is 12.0 Å². The molecule has 0 bridgehead atoms. The van der Waals surface area contributed by atoms with E-state index in [0.29, 0.717) is 6.04 Å². The summed E-state index contributed by atoms with van der Waals surface area (Å²) in [5, 5.41) is 0. The second kappa shape index (κ2) is 4.91. The van der Waals surface area contributed by atoms with Gasteiger partial charge in [0, 0.05) is 23.8 Å². The second-order valence-electron chi connectivity index (χ2n) is 5.35. The van der Waals surface area contributed by atoms with Crippen LogP contribution in [0.1, 0.15) is 42.6 Å². The number of benzene rings is 1. The van der Waals surface area contributed by atoms with Crippen LogP contribution in [-0.2, 0) is 0 Å². The van der Waals surface area contributed by atoms with Crippen LogP contribution in [0.5, 0.6) is 0 Å². The van der Waals surface area contributed by atoms with Gasteiger partial charge in [0.05, 0.1) is 0 Å². The van der Waals surface area contributed by atoms with Gasteiger partial charge >= 0.3 is 0 Å². The normalized spacial score (nSPS) is 24.8. The zero-order valence-corrected chi connectivity index (χ0v) is 10.9. The van der Waals surface area contributed by atoms with E-state index in [9.17, 15) is 4.79 Å². The van der Waals surface area contributed by atoms with Crippen LogP contribution < -0.4 is 4.90 Å². The molecule has 2 heteroatoms. The summed E-state index contributed by atoms with van der Waals surface area (Å²) >= 11 is 0. The first-order valence-electron chi connectivity index (χ1n) is 6.44. The first-order chi connectivity index (χ1) is 8.11. The van der Waals surface area contributed by atoms with Gasteiger partial charge in [-0.1, -0.05) is 6.92 Å². The number of nitrogens with zero attached hydrogens (tertiary/aromatic N) is 1. The van der Waals surface area contributed by atoms with E-state index >= 15 is 0 Å². The summed E-state index contributed by atoms with van der Waals surface area (Å²) in [5.41, 5.74) is 3.26. The number of anilines is 1. The predicted octanol–water partition coefficient (Wildman–Crippen LogP) is 3.43. The van der Waals surface area contributed by atoms with Gasteiger partial charge < -0.3 is 4.90 Å². The fourth-order valence-corrected chi connectivity index (χ4v) is 2.70. The molecule has 1 aromatic carbocycles. The molecule has 1 fully saturated rings. The van der Waals surface area contributed by atoms with Crippen LogP contribution in [0, 0.1) is 12.8 Å². The molecule has 0 amide bonds. The molecule has 0 saturated carbocycles. The Morgan fingerprint density at radius 3 is 2.71 bits per heavy atom. The maximum atomic E-state index is 10.7. The summed E-state index contributed by atoms with van der Waals surface area (Å²) in [6.45, 7) is 7.82. The third-order valence-corrected chi connectivity index (χ3v) is 3.78. The molecule has 0 radical (unpaired) electrons. The van der Waals surface area contributed by atoms with E-state index in [1.807, 2.05) is 12.1 Å². The second-order valence-corrected chi connectivity index (χ2v) is 5.35. The smallest absolute Gasteiger partial charge is 0.150 e. The molecule has 2 nitrogen and oxygen atoms in total. The standard InChI is InChI=1S/C15H21NO/c1-11-4-5-13(3)16(9-11)15-7-6-14(10-17)8-12(15)2/h6-8,10-11,13H,4-5,9H2,1-3H3. The van der Waals surface area contributed by atoms with Crippen molar-refractivity contribution in [2.75, 3.05) is 11.4 Å². The summed E-state index contributed by atoms with van der Waals surface area (Å²) in [7, 11) is 0. The molecule has 0 aromatic heterocycles. The van der Waals surface area contributed by atoms with Crippen molar-refractivity contribution in [3.63, 3.8) is 0 Å². The number of aldehydes is 1. The van der Waals surface area contributed by atoms with Gasteiger partial charge in [-0.05, 0) is 56.4 Å². The zero-order valence-electron chi connectivity index (χ0n) is 10.9. The highest BCUT2D eigenvalue weighted by Gasteiger charge is 2.23. The third kappa shape index (κ3) is 2.51. The third-order valence-electron chi connectivity index (χ3n) is 3.78. The molecule has 1 saturated heterocycles. The number of hydrogen-bond donors (Lipinski definition) is 0. The van der Waals surface area contributed by atoms with Crippen molar-refractivity contribution in [3.8, 4) is 0 Å². The van der Waals surface area contributed by atoms with E-state index in [4.69, 9.17) is 0 Å². The lowest BCUT2D eigenvalue weighted by atomic mass is 9.93. The molecular formula is C15H21NO. The van der Waals surface area contributed by atoms with Gasteiger partial charge in [-0.15, -0.1) is 0 Å². The minimum atomic E-state index is 0.604. The number of carbonyl (C=O) groups excluding carboxylic acids is 1. The van der Waals surface area contributed by atoms with E-state index in [1.165, 1.54) is 24.1 Å². The van der Waals surface area contributed by atoms with Crippen molar-refractivity contribution in [2.45, 2.75) is 39.7 Å². The lowest BCUT2D eigenvalue weighted by Gasteiger charge is -2.39. The lowest BCUT2D eigenvalue weighted by Crippen LogP contribution is -2.41. The zero-order chi connectivity index (χ0) is 12.4. The van der Waals surface area contributed by atoms with Crippen LogP contribution in [0.25, 0.3) is 0 Å². The Hall–Kier alpha value is -1.31. The van der Waals surface area contributed by atoms with Gasteiger partial charge in [-0.2, -0.15) is 0 Å². The fraction of sp³-hybridized carbons (Fsp3) is 0.533. The van der Waals surface area contributed by atoms with Gasteiger partial charge in [-0.25, -0.2) is 0 Å². The Morgan fingerprint density at radius 2 is 2.06 bits per heavy atom. The van der Waals surface area contributed by atoms with Crippen LogP contribution >= 0.6 is 0 Å². The van der Waals surface area contributed by atoms with Crippen LogP contribution in [-0.4, -0.2) is 18.9 Å². The van der Waals surface area contributed by atoms with Gasteiger partial charge in [0.2, 0.25) is 0 Å². The Labute approximate surface area is 104 Å². The Morgan fingerprint density at radius 1 is 1.29 bits per heavy atom. The maximum Gasteiger partial charge on any atom is 0.150 e. The lowest BCUT2D eigenvalue weighted by molar-refractivity contribution is 0.112. The largest absolute Gasteiger partial charge is 0.368 e. The molecule has 92 valence electrons. The van der Waals surface area contributed by atoms with Gasteiger partial charge in [0.15, 0.2) is 0 Å². The highest BCUT2D eigenvalue weighted by atomic mass is 16.1. The van der Waals surface area contributed by atoms with Crippen molar-refractivity contribution in [2.24, 2.45) is 5.92 Å². The highest BCUT2D eigenvalue weighted by Crippen LogP contribution is 2.30. The first kappa shape index (κ1) is 12.2. The predicted molar refractivity (Wildman–Crippen MR) is 71.8 cm³/mol. The Bertz CT molecular complexity index is 413. The van der Waals surface area contributed by atoms with Crippen molar-refractivity contribution < 1.29 is 4.79 Å². The average Bonchev–Trinajstić information content (AvgIpc) is 2.32. The van der Waals surface area contributed by atoms with E-state index in [0.717, 1.165) is 24.3 Å². The van der Waals surface area contributed by atoms with Crippen molar-refractivity contribution in [3.05, 3.63) is 29.3 Å². The van der Waals surface area contributed by atoms with Crippen molar-refractivity contribution in [1.82, 2.24) is 0 Å². The molecule has 0 aliphatic carbocycles. The molecule has 1 heterocycles. The number of carbonyl (C=O) groups is 1. The molecule has 1 aliphatic rings. The molecule has 0 N–H and O–H groups in total. The molecule has 0 spiro atoms. The minimum Gasteiger partial charge on any atom is -0.368 e. The van der Waals surface area contributed by atoms with E-state index < -0.39 is 0 Å². The van der Waals surface area contributed by atoms with Gasteiger partial charge in [0.25, 0.3) is 0 Å².